The zero-order chi connectivity index (χ0) is 21.4. The van der Waals surface area contributed by atoms with Gasteiger partial charge in [0.1, 0.15) is 18.8 Å². The largest absolute Gasteiger partial charge is 0.378 e. The summed E-state index contributed by atoms with van der Waals surface area (Å²) in [5.41, 5.74) is 6.76. The van der Waals surface area contributed by atoms with E-state index in [9.17, 15) is 4.39 Å². The molecule has 0 bridgehead atoms. The van der Waals surface area contributed by atoms with Crippen LogP contribution >= 0.6 is 0 Å². The molecule has 1 saturated heterocycles. The van der Waals surface area contributed by atoms with Crippen molar-refractivity contribution in [2.45, 2.75) is 27.1 Å². The Morgan fingerprint density at radius 3 is 2.68 bits per heavy atom. The molecular formula is C23H25FN6O. The van der Waals surface area contributed by atoms with Gasteiger partial charge >= 0.3 is 0 Å². The fraction of sp³-hybridized carbons (Fsp3) is 0.348. The van der Waals surface area contributed by atoms with Gasteiger partial charge in [-0.3, -0.25) is 5.10 Å². The lowest BCUT2D eigenvalue weighted by Crippen LogP contribution is -2.36. The Bertz CT molecular complexity index is 1210. The van der Waals surface area contributed by atoms with Crippen LogP contribution in [-0.2, 0) is 18.0 Å². The van der Waals surface area contributed by atoms with Gasteiger partial charge in [-0.25, -0.2) is 14.4 Å². The number of fused-ring (bicyclic) bond motifs is 1. The van der Waals surface area contributed by atoms with E-state index < -0.39 is 6.67 Å². The molecule has 0 amide bonds. The number of imidazole rings is 1. The van der Waals surface area contributed by atoms with E-state index in [2.05, 4.69) is 42.8 Å². The second-order valence-electron chi connectivity index (χ2n) is 7.87. The molecule has 0 saturated carbocycles. The van der Waals surface area contributed by atoms with Gasteiger partial charge in [0.2, 0.25) is 0 Å². The summed E-state index contributed by atoms with van der Waals surface area (Å²) in [5, 5.41) is 7.02. The summed E-state index contributed by atoms with van der Waals surface area (Å²) in [6, 6.07) is 10.1. The standard InChI is InChI=1S/C23H25FN6O/c1-15-17(12-24)4-3-5-18(15)13-30-16(2)27-22-20(23-25-14-26-28-23)10-19(11-21(22)30)29-6-8-31-9-7-29/h3-5,10-11,14H,6-9,12-13H2,1-2H3,(H,25,26,28). The van der Waals surface area contributed by atoms with Crippen molar-refractivity contribution >= 4 is 16.7 Å². The maximum atomic E-state index is 13.4. The lowest BCUT2D eigenvalue weighted by molar-refractivity contribution is 0.122. The van der Waals surface area contributed by atoms with Crippen molar-refractivity contribution in [3.05, 3.63) is 59.2 Å². The fourth-order valence-corrected chi connectivity index (χ4v) is 4.27. The number of aromatic amines is 1. The number of hydrogen-bond donors (Lipinski definition) is 1. The van der Waals surface area contributed by atoms with Crippen LogP contribution in [-0.4, -0.2) is 51.0 Å². The highest BCUT2D eigenvalue weighted by atomic mass is 19.1. The van der Waals surface area contributed by atoms with Crippen LogP contribution in [0.3, 0.4) is 0 Å². The first-order valence-corrected chi connectivity index (χ1v) is 10.5. The van der Waals surface area contributed by atoms with Gasteiger partial charge in [-0.1, -0.05) is 18.2 Å². The monoisotopic (exact) mass is 420 g/mol. The van der Waals surface area contributed by atoms with Gasteiger partial charge in [0.25, 0.3) is 0 Å². The molecule has 1 aliphatic rings. The van der Waals surface area contributed by atoms with E-state index in [1.54, 1.807) is 0 Å². The number of nitrogens with one attached hydrogen (secondary N) is 1. The molecule has 3 heterocycles. The Labute approximate surface area is 179 Å². The number of rotatable bonds is 5. The third-order valence-electron chi connectivity index (χ3n) is 6.11. The molecule has 160 valence electrons. The fourth-order valence-electron chi connectivity index (χ4n) is 4.27. The minimum absolute atomic E-state index is 0.458. The number of H-pyrrole nitrogens is 1. The van der Waals surface area contributed by atoms with Gasteiger partial charge in [-0.2, -0.15) is 5.10 Å². The first kappa shape index (κ1) is 19.7. The van der Waals surface area contributed by atoms with E-state index in [-0.39, 0.29) is 0 Å². The lowest BCUT2D eigenvalue weighted by atomic mass is 10.0. The Balaban J connectivity index is 1.67. The van der Waals surface area contributed by atoms with Crippen molar-refractivity contribution in [3.63, 3.8) is 0 Å². The Morgan fingerprint density at radius 2 is 1.94 bits per heavy atom. The highest BCUT2D eigenvalue weighted by Crippen LogP contribution is 2.33. The van der Waals surface area contributed by atoms with Crippen LogP contribution in [0, 0.1) is 13.8 Å². The molecule has 1 fully saturated rings. The van der Waals surface area contributed by atoms with Gasteiger partial charge in [0.05, 0.1) is 24.2 Å². The van der Waals surface area contributed by atoms with Gasteiger partial charge in [-0.05, 0) is 42.7 Å². The zero-order valence-electron chi connectivity index (χ0n) is 17.7. The molecule has 7 nitrogen and oxygen atoms in total. The van der Waals surface area contributed by atoms with Crippen LogP contribution in [0.4, 0.5) is 10.1 Å². The average molecular weight is 420 g/mol. The second kappa shape index (κ2) is 8.11. The first-order chi connectivity index (χ1) is 15.2. The van der Waals surface area contributed by atoms with Crippen LogP contribution in [0.5, 0.6) is 0 Å². The van der Waals surface area contributed by atoms with Crippen LogP contribution < -0.4 is 4.90 Å². The lowest BCUT2D eigenvalue weighted by Gasteiger charge is -2.29. The van der Waals surface area contributed by atoms with Crippen LogP contribution in [0.1, 0.15) is 22.5 Å². The normalized spacial score (nSPS) is 14.5. The smallest absolute Gasteiger partial charge is 0.157 e. The van der Waals surface area contributed by atoms with Crippen molar-refractivity contribution in [2.75, 3.05) is 31.2 Å². The van der Waals surface area contributed by atoms with Gasteiger partial charge < -0.3 is 14.2 Å². The Morgan fingerprint density at radius 1 is 1.13 bits per heavy atom. The molecule has 2 aromatic carbocycles. The molecule has 2 aromatic heterocycles. The molecule has 0 radical (unpaired) electrons. The van der Waals surface area contributed by atoms with Gasteiger partial charge in [0, 0.05) is 30.9 Å². The number of aromatic nitrogens is 5. The molecule has 4 aromatic rings. The van der Waals surface area contributed by atoms with E-state index in [1.807, 2.05) is 26.0 Å². The molecule has 1 N–H and O–H groups in total. The molecule has 0 aliphatic carbocycles. The number of hydrogen-bond acceptors (Lipinski definition) is 5. The Hall–Kier alpha value is -3.26. The summed E-state index contributed by atoms with van der Waals surface area (Å²) in [6.07, 6.45) is 1.51. The maximum Gasteiger partial charge on any atom is 0.157 e. The van der Waals surface area contributed by atoms with Crippen molar-refractivity contribution in [1.82, 2.24) is 24.7 Å². The van der Waals surface area contributed by atoms with Crippen molar-refractivity contribution in [1.29, 1.82) is 0 Å². The third-order valence-corrected chi connectivity index (χ3v) is 6.11. The highest BCUT2D eigenvalue weighted by molar-refractivity contribution is 5.94. The topological polar surface area (TPSA) is 71.9 Å². The maximum absolute atomic E-state index is 13.4. The summed E-state index contributed by atoms with van der Waals surface area (Å²) in [4.78, 5) is 11.6. The highest BCUT2D eigenvalue weighted by Gasteiger charge is 2.20. The molecular weight excluding hydrogens is 395 g/mol. The quantitative estimate of drug-likeness (QED) is 0.532. The number of benzene rings is 2. The predicted molar refractivity (Wildman–Crippen MR) is 118 cm³/mol. The average Bonchev–Trinajstić information content (AvgIpc) is 3.44. The molecule has 8 heteroatoms. The van der Waals surface area contributed by atoms with E-state index in [4.69, 9.17) is 9.72 Å². The van der Waals surface area contributed by atoms with E-state index in [0.717, 1.165) is 57.9 Å². The van der Waals surface area contributed by atoms with Crippen molar-refractivity contribution in [3.8, 4) is 11.4 Å². The molecule has 0 atom stereocenters. The van der Waals surface area contributed by atoms with Gasteiger partial charge in [-0.15, -0.1) is 0 Å². The predicted octanol–water partition coefficient (Wildman–Crippen LogP) is 3.79. The number of nitrogens with zero attached hydrogens (tertiary/aromatic N) is 5. The van der Waals surface area contributed by atoms with Crippen molar-refractivity contribution in [2.24, 2.45) is 0 Å². The number of aryl methyl sites for hydroxylation is 1. The summed E-state index contributed by atoms with van der Waals surface area (Å²) >= 11 is 0. The molecule has 31 heavy (non-hydrogen) atoms. The van der Waals surface area contributed by atoms with E-state index in [1.165, 1.54) is 6.33 Å². The number of anilines is 1. The summed E-state index contributed by atoms with van der Waals surface area (Å²) in [6.45, 7) is 7.26. The summed E-state index contributed by atoms with van der Waals surface area (Å²) < 4.78 is 21.1. The third kappa shape index (κ3) is 3.57. The molecule has 5 rings (SSSR count). The molecule has 0 spiro atoms. The number of ether oxygens (including phenoxy) is 1. The summed E-state index contributed by atoms with van der Waals surface area (Å²) in [7, 11) is 0. The SMILES string of the molecule is Cc1c(CF)cccc1Cn1c(C)nc2c(-c3ncn[nH]3)cc(N3CCOCC3)cc21. The summed E-state index contributed by atoms with van der Waals surface area (Å²) in [5.74, 6) is 1.60. The van der Waals surface area contributed by atoms with E-state index in [0.29, 0.717) is 25.6 Å². The van der Waals surface area contributed by atoms with Crippen LogP contribution in [0.2, 0.25) is 0 Å². The minimum atomic E-state index is -0.458. The molecule has 1 aliphatic heterocycles. The second-order valence-corrected chi connectivity index (χ2v) is 7.87. The Kier molecular flexibility index (Phi) is 5.15. The minimum Gasteiger partial charge on any atom is -0.378 e. The molecule has 0 unspecified atom stereocenters. The van der Waals surface area contributed by atoms with Crippen molar-refractivity contribution < 1.29 is 9.13 Å². The first-order valence-electron chi connectivity index (χ1n) is 10.5. The number of halogens is 1. The zero-order valence-corrected chi connectivity index (χ0v) is 17.7. The number of morpholine rings is 1. The van der Waals surface area contributed by atoms with E-state index >= 15 is 0 Å². The van der Waals surface area contributed by atoms with Crippen LogP contribution in [0.15, 0.2) is 36.7 Å². The number of alkyl halides is 1. The van der Waals surface area contributed by atoms with Crippen LogP contribution in [0.25, 0.3) is 22.4 Å². The van der Waals surface area contributed by atoms with Gasteiger partial charge in [0.15, 0.2) is 5.82 Å².